The predicted octanol–water partition coefficient (Wildman–Crippen LogP) is 4.33. The van der Waals surface area contributed by atoms with Gasteiger partial charge in [0.1, 0.15) is 17.1 Å². The first-order valence-electron chi connectivity index (χ1n) is 11.0. The van der Waals surface area contributed by atoms with Crippen LogP contribution in [-0.2, 0) is 12.8 Å². The van der Waals surface area contributed by atoms with Crippen LogP contribution in [0.2, 0.25) is 0 Å². The van der Waals surface area contributed by atoms with E-state index in [1.807, 2.05) is 25.3 Å². The van der Waals surface area contributed by atoms with Gasteiger partial charge in [0.15, 0.2) is 5.82 Å². The number of aryl methyl sites for hydroxylation is 1. The molecule has 1 N–H and O–H groups in total. The van der Waals surface area contributed by atoms with Crippen LogP contribution in [0.5, 0.6) is 5.75 Å². The molecule has 0 amide bonds. The van der Waals surface area contributed by atoms with E-state index in [1.54, 1.807) is 16.8 Å². The molecule has 1 spiro atoms. The lowest BCUT2D eigenvalue weighted by atomic mass is 9.76. The summed E-state index contributed by atoms with van der Waals surface area (Å²) < 4.78 is 16.4. The van der Waals surface area contributed by atoms with E-state index in [-0.39, 0.29) is 5.75 Å². The molecule has 1 saturated heterocycles. The van der Waals surface area contributed by atoms with Gasteiger partial charge in [-0.05, 0) is 67.9 Å². The molecular formula is C25H24FN5O. The van der Waals surface area contributed by atoms with Crippen molar-refractivity contribution in [2.45, 2.75) is 32.6 Å². The maximum Gasteiger partial charge on any atom is 0.155 e. The number of nitrogens with zero attached hydrogens (tertiary/aromatic N) is 5. The molecule has 1 aliphatic carbocycles. The number of phenols is 1. The van der Waals surface area contributed by atoms with E-state index < -0.39 is 5.82 Å². The predicted molar refractivity (Wildman–Crippen MR) is 120 cm³/mol. The smallest absolute Gasteiger partial charge is 0.155 e. The van der Waals surface area contributed by atoms with E-state index in [0.29, 0.717) is 22.4 Å². The normalized spacial score (nSPS) is 17.2. The number of rotatable bonds is 2. The Morgan fingerprint density at radius 3 is 2.69 bits per heavy atom. The van der Waals surface area contributed by atoms with Crippen molar-refractivity contribution in [2.24, 2.45) is 5.41 Å². The van der Waals surface area contributed by atoms with Crippen molar-refractivity contribution in [3.63, 3.8) is 0 Å². The molecule has 6 rings (SSSR count). The van der Waals surface area contributed by atoms with E-state index in [2.05, 4.69) is 21.0 Å². The quantitative estimate of drug-likeness (QED) is 0.514. The van der Waals surface area contributed by atoms with Crippen molar-refractivity contribution in [3.8, 4) is 17.0 Å². The van der Waals surface area contributed by atoms with E-state index >= 15 is 0 Å². The van der Waals surface area contributed by atoms with E-state index in [4.69, 9.17) is 4.98 Å². The van der Waals surface area contributed by atoms with Gasteiger partial charge >= 0.3 is 0 Å². The first-order chi connectivity index (χ1) is 15.5. The highest BCUT2D eigenvalue weighted by Gasteiger charge is 2.41. The Labute approximate surface area is 185 Å². The van der Waals surface area contributed by atoms with Gasteiger partial charge in [-0.2, -0.15) is 5.10 Å². The van der Waals surface area contributed by atoms with Crippen LogP contribution in [-0.4, -0.2) is 37.8 Å². The molecule has 4 aromatic rings. The van der Waals surface area contributed by atoms with Crippen LogP contribution in [0.25, 0.3) is 16.8 Å². The van der Waals surface area contributed by atoms with E-state index in [1.165, 1.54) is 17.3 Å². The zero-order valence-corrected chi connectivity index (χ0v) is 17.9. The van der Waals surface area contributed by atoms with Gasteiger partial charge in [-0.3, -0.25) is 4.98 Å². The van der Waals surface area contributed by atoms with Crippen molar-refractivity contribution in [2.75, 3.05) is 18.0 Å². The van der Waals surface area contributed by atoms with Crippen LogP contribution in [0.1, 0.15) is 29.8 Å². The summed E-state index contributed by atoms with van der Waals surface area (Å²) in [6.45, 7) is 3.74. The number of aromatic hydroxyl groups is 1. The average molecular weight is 429 g/mol. The summed E-state index contributed by atoms with van der Waals surface area (Å²) in [4.78, 5) is 11.8. The summed E-state index contributed by atoms with van der Waals surface area (Å²) in [5.41, 5.74) is 5.51. The topological polar surface area (TPSA) is 66.6 Å². The summed E-state index contributed by atoms with van der Waals surface area (Å²) in [5, 5.41) is 14.1. The maximum atomic E-state index is 14.6. The molecule has 0 saturated carbocycles. The van der Waals surface area contributed by atoms with Crippen LogP contribution in [0.4, 0.5) is 10.2 Å². The number of fused-ring (bicyclic) bond motifs is 2. The summed E-state index contributed by atoms with van der Waals surface area (Å²) in [6.07, 6.45) is 7.99. The van der Waals surface area contributed by atoms with Gasteiger partial charge in [-0.25, -0.2) is 13.9 Å². The molecule has 1 aromatic carbocycles. The van der Waals surface area contributed by atoms with E-state index in [9.17, 15) is 9.50 Å². The zero-order chi connectivity index (χ0) is 21.9. The highest BCUT2D eigenvalue weighted by molar-refractivity contribution is 5.76. The first kappa shape index (κ1) is 19.2. The molecule has 6 nitrogen and oxygen atoms in total. The van der Waals surface area contributed by atoms with Gasteiger partial charge < -0.3 is 10.0 Å². The molecule has 0 unspecified atom stereocenters. The summed E-state index contributed by atoms with van der Waals surface area (Å²) in [6, 6.07) is 10.4. The number of aromatic nitrogens is 4. The Morgan fingerprint density at radius 1 is 1.06 bits per heavy atom. The van der Waals surface area contributed by atoms with Crippen LogP contribution in [0.3, 0.4) is 0 Å². The molecule has 7 heteroatoms. The van der Waals surface area contributed by atoms with Gasteiger partial charge in [0.05, 0.1) is 17.6 Å². The minimum atomic E-state index is -0.492. The molecule has 0 bridgehead atoms. The Balaban J connectivity index is 1.33. The monoisotopic (exact) mass is 429 g/mol. The third kappa shape index (κ3) is 2.95. The largest absolute Gasteiger partial charge is 0.508 e. The van der Waals surface area contributed by atoms with Gasteiger partial charge in [0.25, 0.3) is 0 Å². The average Bonchev–Trinajstić information content (AvgIpc) is 3.39. The Morgan fingerprint density at radius 2 is 1.91 bits per heavy atom. The van der Waals surface area contributed by atoms with Crippen molar-refractivity contribution in [1.82, 2.24) is 19.6 Å². The number of hydrogen-bond acceptors (Lipinski definition) is 5. The second kappa shape index (κ2) is 7.02. The van der Waals surface area contributed by atoms with Crippen molar-refractivity contribution >= 4 is 11.3 Å². The molecule has 1 aliphatic heterocycles. The molecule has 2 aliphatic rings. The molecule has 0 radical (unpaired) electrons. The SMILES string of the molecule is Cc1nc(N2CCC3(CC2)Cc2cccnc2C3)c2ccnn2c1-c1ccc(O)cc1F. The van der Waals surface area contributed by atoms with Gasteiger partial charge in [0.2, 0.25) is 0 Å². The number of hydrogen-bond donors (Lipinski definition) is 1. The van der Waals surface area contributed by atoms with E-state index in [0.717, 1.165) is 56.2 Å². The standard InChI is InChI=1S/C25H24FN5O/c1-16-23(19-5-4-18(32)13-20(19)26)31-22(6-10-28-31)24(29-16)30-11-7-25(8-12-30)14-17-3-2-9-27-21(17)15-25/h2-6,9-10,13,32H,7-8,11-12,14-15H2,1H3. The molecule has 4 heterocycles. The van der Waals surface area contributed by atoms with Crippen molar-refractivity contribution in [3.05, 3.63) is 71.6 Å². The lowest BCUT2D eigenvalue weighted by Crippen LogP contribution is -2.41. The minimum absolute atomic E-state index is 0.100. The number of phenolic OH excluding ortho intramolecular Hbond substituents is 1. The second-order valence-electron chi connectivity index (χ2n) is 9.11. The van der Waals surface area contributed by atoms with Gasteiger partial charge in [-0.15, -0.1) is 0 Å². The van der Waals surface area contributed by atoms with Crippen LogP contribution in [0.15, 0.2) is 48.8 Å². The summed E-state index contributed by atoms with van der Waals surface area (Å²) >= 11 is 0. The highest BCUT2D eigenvalue weighted by atomic mass is 19.1. The number of anilines is 1. The van der Waals surface area contributed by atoms with Crippen LogP contribution in [0, 0.1) is 18.2 Å². The summed E-state index contributed by atoms with van der Waals surface area (Å²) in [7, 11) is 0. The third-order valence-corrected chi connectivity index (χ3v) is 7.12. The van der Waals surface area contributed by atoms with Crippen molar-refractivity contribution < 1.29 is 9.50 Å². The molecule has 1 fully saturated rings. The fourth-order valence-electron chi connectivity index (χ4n) is 5.47. The van der Waals surface area contributed by atoms with Gasteiger partial charge in [0, 0.05) is 36.6 Å². The number of piperidine rings is 1. The highest BCUT2D eigenvalue weighted by Crippen LogP contribution is 2.45. The Bertz CT molecular complexity index is 1310. The fourth-order valence-corrected chi connectivity index (χ4v) is 5.47. The third-order valence-electron chi connectivity index (χ3n) is 7.12. The summed E-state index contributed by atoms with van der Waals surface area (Å²) in [5.74, 6) is 0.303. The first-order valence-corrected chi connectivity index (χ1v) is 11.0. The maximum absolute atomic E-state index is 14.6. The fraction of sp³-hybridized carbons (Fsp3) is 0.320. The van der Waals surface area contributed by atoms with Gasteiger partial charge in [-0.1, -0.05) is 6.07 Å². The van der Waals surface area contributed by atoms with Crippen LogP contribution >= 0.6 is 0 Å². The lowest BCUT2D eigenvalue weighted by molar-refractivity contribution is 0.231. The molecule has 32 heavy (non-hydrogen) atoms. The van der Waals surface area contributed by atoms with Crippen LogP contribution < -0.4 is 4.90 Å². The minimum Gasteiger partial charge on any atom is -0.508 e. The number of pyridine rings is 1. The molecule has 162 valence electrons. The number of halogens is 1. The number of benzene rings is 1. The van der Waals surface area contributed by atoms with Crippen molar-refractivity contribution in [1.29, 1.82) is 0 Å². The molecule has 0 atom stereocenters. The lowest BCUT2D eigenvalue weighted by Gasteiger charge is -2.40. The molecular weight excluding hydrogens is 405 g/mol. The zero-order valence-electron chi connectivity index (χ0n) is 17.9. The molecule has 3 aromatic heterocycles. The Kier molecular flexibility index (Phi) is 4.22. The Hall–Kier alpha value is -3.48. The second-order valence-corrected chi connectivity index (χ2v) is 9.11.